The Kier molecular flexibility index (Phi) is 3.76. The van der Waals surface area contributed by atoms with Crippen molar-refractivity contribution in [2.24, 2.45) is 0 Å². The average molecular weight is 346 g/mol. The standard InChI is InChI=1S/C12H12ClN3O3S2/c13-21(18,19)10-6-12(17)15(8-10)11-3-4-14-16(11)7-9-2-1-5-20-9/h1-5,10H,6-8H2. The third-order valence-corrected chi connectivity index (χ3v) is 6.07. The van der Waals surface area contributed by atoms with Crippen molar-refractivity contribution in [1.29, 1.82) is 0 Å². The molecule has 1 aliphatic rings. The molecule has 21 heavy (non-hydrogen) atoms. The van der Waals surface area contributed by atoms with Gasteiger partial charge in [-0.3, -0.25) is 9.69 Å². The molecule has 0 aromatic carbocycles. The molecule has 6 nitrogen and oxygen atoms in total. The number of nitrogens with zero attached hydrogens (tertiary/aromatic N) is 3. The molecule has 0 spiro atoms. The summed E-state index contributed by atoms with van der Waals surface area (Å²) in [5.74, 6) is 0.341. The number of rotatable bonds is 4. The maximum atomic E-state index is 12.0. The van der Waals surface area contributed by atoms with Gasteiger partial charge in [-0.25, -0.2) is 13.1 Å². The first kappa shape index (κ1) is 14.6. The van der Waals surface area contributed by atoms with E-state index in [-0.39, 0.29) is 18.9 Å². The first-order valence-corrected chi connectivity index (χ1v) is 9.48. The Hall–Kier alpha value is -1.38. The third kappa shape index (κ3) is 2.97. The zero-order valence-corrected chi connectivity index (χ0v) is 13.2. The van der Waals surface area contributed by atoms with Crippen LogP contribution in [0.5, 0.6) is 0 Å². The van der Waals surface area contributed by atoms with Gasteiger partial charge in [-0.2, -0.15) is 5.10 Å². The molecule has 0 bridgehead atoms. The lowest BCUT2D eigenvalue weighted by atomic mass is 10.4. The highest BCUT2D eigenvalue weighted by atomic mass is 35.7. The molecule has 112 valence electrons. The Labute approximate surface area is 130 Å². The van der Waals surface area contributed by atoms with E-state index in [4.69, 9.17) is 10.7 Å². The lowest BCUT2D eigenvalue weighted by Crippen LogP contribution is -2.29. The van der Waals surface area contributed by atoms with E-state index in [0.717, 1.165) is 4.88 Å². The molecule has 0 aliphatic carbocycles. The Morgan fingerprint density at radius 2 is 2.24 bits per heavy atom. The highest BCUT2D eigenvalue weighted by Gasteiger charge is 2.39. The number of amides is 1. The number of halogens is 1. The summed E-state index contributed by atoms with van der Waals surface area (Å²) in [4.78, 5) is 14.6. The van der Waals surface area contributed by atoms with Crippen LogP contribution >= 0.6 is 22.0 Å². The first-order chi connectivity index (χ1) is 9.95. The van der Waals surface area contributed by atoms with Gasteiger partial charge in [0.25, 0.3) is 0 Å². The van der Waals surface area contributed by atoms with Crippen LogP contribution in [-0.4, -0.2) is 35.9 Å². The number of anilines is 1. The second-order valence-electron chi connectivity index (χ2n) is 4.73. The second-order valence-corrected chi connectivity index (χ2v) is 8.67. The predicted molar refractivity (Wildman–Crippen MR) is 81.2 cm³/mol. The van der Waals surface area contributed by atoms with Crippen LogP contribution in [-0.2, 0) is 20.4 Å². The molecule has 1 unspecified atom stereocenters. The molecule has 1 fully saturated rings. The molecule has 2 aromatic rings. The Morgan fingerprint density at radius 1 is 1.43 bits per heavy atom. The molecule has 2 aromatic heterocycles. The number of hydrogen-bond acceptors (Lipinski definition) is 5. The zero-order valence-electron chi connectivity index (χ0n) is 10.8. The van der Waals surface area contributed by atoms with Crippen molar-refractivity contribution in [2.45, 2.75) is 18.2 Å². The molecule has 1 atom stereocenters. The quantitative estimate of drug-likeness (QED) is 0.790. The van der Waals surface area contributed by atoms with Crippen LogP contribution in [0.15, 0.2) is 29.8 Å². The van der Waals surface area contributed by atoms with Crippen molar-refractivity contribution in [2.75, 3.05) is 11.4 Å². The monoisotopic (exact) mass is 345 g/mol. The molecule has 9 heteroatoms. The number of carbonyl (C=O) groups excluding carboxylic acids is 1. The van der Waals surface area contributed by atoms with Crippen molar-refractivity contribution in [3.8, 4) is 0 Å². The summed E-state index contributed by atoms with van der Waals surface area (Å²) < 4.78 is 24.5. The van der Waals surface area contributed by atoms with E-state index in [9.17, 15) is 13.2 Å². The van der Waals surface area contributed by atoms with Gasteiger partial charge in [0.15, 0.2) is 0 Å². The molecule has 1 aliphatic heterocycles. The minimum Gasteiger partial charge on any atom is -0.296 e. The van der Waals surface area contributed by atoms with E-state index in [0.29, 0.717) is 12.4 Å². The largest absolute Gasteiger partial charge is 0.296 e. The summed E-state index contributed by atoms with van der Waals surface area (Å²) in [7, 11) is 1.62. The summed E-state index contributed by atoms with van der Waals surface area (Å²) in [6, 6.07) is 5.63. The fourth-order valence-electron chi connectivity index (χ4n) is 2.31. The van der Waals surface area contributed by atoms with Crippen molar-refractivity contribution in [3.05, 3.63) is 34.7 Å². The van der Waals surface area contributed by atoms with Crippen LogP contribution in [0.4, 0.5) is 5.82 Å². The van der Waals surface area contributed by atoms with Gasteiger partial charge >= 0.3 is 0 Å². The van der Waals surface area contributed by atoms with Gasteiger partial charge in [0.2, 0.25) is 15.0 Å². The van der Waals surface area contributed by atoms with Gasteiger partial charge in [0.05, 0.1) is 12.7 Å². The molecule has 0 saturated carbocycles. The average Bonchev–Trinajstić information content (AvgIpc) is 3.09. The van der Waals surface area contributed by atoms with Crippen molar-refractivity contribution >= 4 is 42.8 Å². The smallest absolute Gasteiger partial charge is 0.237 e. The molecule has 0 radical (unpaired) electrons. The number of carbonyl (C=O) groups is 1. The van der Waals surface area contributed by atoms with E-state index in [1.165, 1.54) is 4.90 Å². The minimum atomic E-state index is -3.74. The van der Waals surface area contributed by atoms with Gasteiger partial charge in [-0.15, -0.1) is 11.3 Å². The van der Waals surface area contributed by atoms with E-state index in [1.807, 2.05) is 17.5 Å². The molecular weight excluding hydrogens is 334 g/mol. The van der Waals surface area contributed by atoms with Gasteiger partial charge in [-0.1, -0.05) is 6.07 Å². The Bertz CT molecular complexity index is 755. The lowest BCUT2D eigenvalue weighted by molar-refractivity contribution is -0.117. The van der Waals surface area contributed by atoms with Crippen LogP contribution < -0.4 is 4.90 Å². The van der Waals surface area contributed by atoms with E-state index in [1.54, 1.807) is 28.3 Å². The Morgan fingerprint density at radius 3 is 2.86 bits per heavy atom. The number of thiophene rings is 1. The fraction of sp³-hybridized carbons (Fsp3) is 0.333. The zero-order chi connectivity index (χ0) is 15.0. The highest BCUT2D eigenvalue weighted by molar-refractivity contribution is 8.14. The molecule has 0 N–H and O–H groups in total. The first-order valence-electron chi connectivity index (χ1n) is 6.23. The summed E-state index contributed by atoms with van der Waals surface area (Å²) in [6.07, 6.45) is 1.51. The summed E-state index contributed by atoms with van der Waals surface area (Å²) in [5.41, 5.74) is 0. The molecular formula is C12H12ClN3O3S2. The van der Waals surface area contributed by atoms with Crippen LogP contribution in [0.25, 0.3) is 0 Å². The number of aromatic nitrogens is 2. The van der Waals surface area contributed by atoms with Crippen molar-refractivity contribution in [1.82, 2.24) is 9.78 Å². The molecule has 1 amide bonds. The lowest BCUT2D eigenvalue weighted by Gasteiger charge is -2.17. The second kappa shape index (κ2) is 5.43. The van der Waals surface area contributed by atoms with Crippen LogP contribution in [0, 0.1) is 0 Å². The topological polar surface area (TPSA) is 72.3 Å². The molecule has 3 heterocycles. The Balaban J connectivity index is 1.85. The summed E-state index contributed by atoms with van der Waals surface area (Å²) in [6.45, 7) is 0.614. The van der Waals surface area contributed by atoms with Gasteiger partial charge in [0.1, 0.15) is 11.1 Å². The summed E-state index contributed by atoms with van der Waals surface area (Å²) in [5, 5.41) is 5.31. The van der Waals surface area contributed by atoms with Gasteiger partial charge in [0, 0.05) is 34.6 Å². The van der Waals surface area contributed by atoms with Crippen LogP contribution in [0.2, 0.25) is 0 Å². The maximum absolute atomic E-state index is 12.0. The predicted octanol–water partition coefficient (Wildman–Crippen LogP) is 1.67. The van der Waals surface area contributed by atoms with E-state index >= 15 is 0 Å². The fourth-order valence-corrected chi connectivity index (χ4v) is 4.02. The maximum Gasteiger partial charge on any atom is 0.237 e. The van der Waals surface area contributed by atoms with Crippen molar-refractivity contribution < 1.29 is 13.2 Å². The number of hydrogen-bond donors (Lipinski definition) is 0. The van der Waals surface area contributed by atoms with Gasteiger partial charge in [-0.05, 0) is 11.4 Å². The normalized spacial score (nSPS) is 19.4. The molecule has 3 rings (SSSR count). The highest BCUT2D eigenvalue weighted by Crippen LogP contribution is 2.27. The molecule has 1 saturated heterocycles. The minimum absolute atomic E-state index is 0.0702. The third-order valence-electron chi connectivity index (χ3n) is 3.34. The van der Waals surface area contributed by atoms with Crippen LogP contribution in [0.3, 0.4) is 0 Å². The van der Waals surface area contributed by atoms with Crippen LogP contribution in [0.1, 0.15) is 11.3 Å². The van der Waals surface area contributed by atoms with Gasteiger partial charge < -0.3 is 0 Å². The van der Waals surface area contributed by atoms with E-state index < -0.39 is 14.3 Å². The SMILES string of the molecule is O=C1CC(S(=O)(=O)Cl)CN1c1ccnn1Cc1cccs1. The van der Waals surface area contributed by atoms with E-state index in [2.05, 4.69) is 5.10 Å². The van der Waals surface area contributed by atoms with Crippen molar-refractivity contribution in [3.63, 3.8) is 0 Å². The summed E-state index contributed by atoms with van der Waals surface area (Å²) >= 11 is 1.60.